The molecule has 14 heavy (non-hydrogen) atoms. The van der Waals surface area contributed by atoms with Crippen LogP contribution in [0.2, 0.25) is 0 Å². The Kier molecular flexibility index (Phi) is 4.47. The molecule has 0 aliphatic heterocycles. The fraction of sp³-hybridized carbons (Fsp3) is 0.500. The summed E-state index contributed by atoms with van der Waals surface area (Å²) in [6.07, 6.45) is 1.07. The van der Waals surface area contributed by atoms with Crippen LogP contribution in [-0.4, -0.2) is 20.3 Å². The Bertz CT molecular complexity index is 284. The number of nitrogens with one attached hydrogen (secondary N) is 1. The smallest absolute Gasteiger partial charge is 0.0635 e. The highest BCUT2D eigenvalue weighted by molar-refractivity contribution is 5.53. The van der Waals surface area contributed by atoms with Crippen LogP contribution < -0.4 is 5.32 Å². The van der Waals surface area contributed by atoms with Crippen LogP contribution in [-0.2, 0) is 11.2 Å². The molecule has 0 saturated heterocycles. The fourth-order valence-corrected chi connectivity index (χ4v) is 1.45. The van der Waals surface area contributed by atoms with E-state index in [0.29, 0.717) is 0 Å². The third-order valence-corrected chi connectivity index (χ3v) is 2.27. The van der Waals surface area contributed by atoms with Crippen molar-refractivity contribution >= 4 is 5.69 Å². The van der Waals surface area contributed by atoms with Crippen LogP contribution in [0.15, 0.2) is 18.2 Å². The molecule has 0 aliphatic rings. The first-order chi connectivity index (χ1) is 6.77. The van der Waals surface area contributed by atoms with E-state index in [1.54, 1.807) is 7.11 Å². The van der Waals surface area contributed by atoms with E-state index in [1.165, 1.54) is 16.8 Å². The van der Waals surface area contributed by atoms with E-state index in [1.807, 2.05) is 0 Å². The van der Waals surface area contributed by atoms with Crippen molar-refractivity contribution in [3.05, 3.63) is 29.3 Å². The lowest BCUT2D eigenvalue weighted by atomic mass is 10.1. The Labute approximate surface area is 86.3 Å². The first-order valence-electron chi connectivity index (χ1n) is 5.10. The molecule has 2 heteroatoms. The van der Waals surface area contributed by atoms with Gasteiger partial charge in [0.15, 0.2) is 0 Å². The predicted octanol–water partition coefficient (Wildman–Crippen LogP) is 2.62. The molecule has 0 heterocycles. The SMILES string of the molecule is CCc1ccc(C)cc1NCCOC. The molecule has 0 amide bonds. The summed E-state index contributed by atoms with van der Waals surface area (Å²) in [7, 11) is 1.72. The Hall–Kier alpha value is -1.02. The van der Waals surface area contributed by atoms with Gasteiger partial charge >= 0.3 is 0 Å². The topological polar surface area (TPSA) is 21.3 Å². The average molecular weight is 193 g/mol. The minimum atomic E-state index is 0.747. The lowest BCUT2D eigenvalue weighted by Gasteiger charge is -2.11. The Balaban J connectivity index is 2.67. The van der Waals surface area contributed by atoms with E-state index < -0.39 is 0 Å². The number of methoxy groups -OCH3 is 1. The highest BCUT2D eigenvalue weighted by Crippen LogP contribution is 2.17. The minimum Gasteiger partial charge on any atom is -0.383 e. The summed E-state index contributed by atoms with van der Waals surface area (Å²) in [6.45, 7) is 5.90. The van der Waals surface area contributed by atoms with Gasteiger partial charge in [-0.1, -0.05) is 19.1 Å². The largest absolute Gasteiger partial charge is 0.383 e. The van der Waals surface area contributed by atoms with Crippen molar-refractivity contribution in [2.45, 2.75) is 20.3 Å². The van der Waals surface area contributed by atoms with Gasteiger partial charge in [0, 0.05) is 19.3 Å². The van der Waals surface area contributed by atoms with Crippen LogP contribution in [0.3, 0.4) is 0 Å². The zero-order valence-corrected chi connectivity index (χ0v) is 9.26. The molecule has 0 spiro atoms. The normalized spacial score (nSPS) is 10.2. The highest BCUT2D eigenvalue weighted by Gasteiger charge is 1.99. The van der Waals surface area contributed by atoms with Crippen LogP contribution >= 0.6 is 0 Å². The van der Waals surface area contributed by atoms with E-state index in [-0.39, 0.29) is 0 Å². The molecule has 1 rings (SSSR count). The minimum absolute atomic E-state index is 0.747. The van der Waals surface area contributed by atoms with Crippen molar-refractivity contribution < 1.29 is 4.74 Å². The van der Waals surface area contributed by atoms with Gasteiger partial charge in [-0.15, -0.1) is 0 Å². The second-order valence-electron chi connectivity index (χ2n) is 3.43. The summed E-state index contributed by atoms with van der Waals surface area (Å²) in [5.74, 6) is 0. The number of ether oxygens (including phenoxy) is 1. The summed E-state index contributed by atoms with van der Waals surface area (Å²) < 4.78 is 5.00. The molecule has 0 radical (unpaired) electrons. The Morgan fingerprint density at radius 1 is 1.36 bits per heavy atom. The first kappa shape index (κ1) is 11.1. The molecule has 0 aromatic heterocycles. The van der Waals surface area contributed by atoms with Gasteiger partial charge in [-0.05, 0) is 30.5 Å². The van der Waals surface area contributed by atoms with E-state index in [4.69, 9.17) is 4.74 Å². The van der Waals surface area contributed by atoms with Crippen LogP contribution in [0.4, 0.5) is 5.69 Å². The summed E-state index contributed by atoms with van der Waals surface area (Å²) in [5.41, 5.74) is 3.90. The van der Waals surface area contributed by atoms with Crippen molar-refractivity contribution in [3.63, 3.8) is 0 Å². The lowest BCUT2D eigenvalue weighted by Crippen LogP contribution is -2.09. The predicted molar refractivity (Wildman–Crippen MR) is 60.9 cm³/mol. The van der Waals surface area contributed by atoms with Crippen LogP contribution in [0.5, 0.6) is 0 Å². The Morgan fingerprint density at radius 3 is 2.79 bits per heavy atom. The zero-order valence-electron chi connectivity index (χ0n) is 9.26. The van der Waals surface area contributed by atoms with E-state index in [2.05, 4.69) is 37.4 Å². The number of aryl methyl sites for hydroxylation is 2. The van der Waals surface area contributed by atoms with Gasteiger partial charge in [0.2, 0.25) is 0 Å². The van der Waals surface area contributed by atoms with E-state index >= 15 is 0 Å². The third kappa shape index (κ3) is 3.04. The van der Waals surface area contributed by atoms with Crippen LogP contribution in [0.1, 0.15) is 18.1 Å². The number of hydrogen-bond acceptors (Lipinski definition) is 2. The van der Waals surface area contributed by atoms with Crippen molar-refractivity contribution in [3.8, 4) is 0 Å². The van der Waals surface area contributed by atoms with Gasteiger partial charge in [0.25, 0.3) is 0 Å². The molecule has 0 saturated carbocycles. The summed E-state index contributed by atoms with van der Waals surface area (Å²) >= 11 is 0. The summed E-state index contributed by atoms with van der Waals surface area (Å²) in [4.78, 5) is 0. The molecule has 0 unspecified atom stereocenters. The van der Waals surface area contributed by atoms with Crippen molar-refractivity contribution in [2.75, 3.05) is 25.6 Å². The lowest BCUT2D eigenvalue weighted by molar-refractivity contribution is 0.211. The molecule has 78 valence electrons. The Morgan fingerprint density at radius 2 is 2.14 bits per heavy atom. The van der Waals surface area contributed by atoms with Crippen molar-refractivity contribution in [1.82, 2.24) is 0 Å². The standard InChI is InChI=1S/C12H19NO/c1-4-11-6-5-10(2)9-12(11)13-7-8-14-3/h5-6,9,13H,4,7-8H2,1-3H3. The molecule has 2 nitrogen and oxygen atoms in total. The molecule has 1 aromatic rings. The van der Waals surface area contributed by atoms with Gasteiger partial charge in [-0.2, -0.15) is 0 Å². The summed E-state index contributed by atoms with van der Waals surface area (Å²) in [6, 6.07) is 6.53. The molecular formula is C12H19NO. The van der Waals surface area contributed by atoms with Crippen molar-refractivity contribution in [1.29, 1.82) is 0 Å². The van der Waals surface area contributed by atoms with Gasteiger partial charge in [-0.25, -0.2) is 0 Å². The molecule has 1 N–H and O–H groups in total. The number of benzene rings is 1. The maximum Gasteiger partial charge on any atom is 0.0635 e. The molecule has 1 aromatic carbocycles. The van der Waals surface area contributed by atoms with Gasteiger partial charge in [0.1, 0.15) is 0 Å². The summed E-state index contributed by atoms with van der Waals surface area (Å²) in [5, 5.41) is 3.38. The number of hydrogen-bond donors (Lipinski definition) is 1. The molecule has 0 fully saturated rings. The van der Waals surface area contributed by atoms with Crippen LogP contribution in [0, 0.1) is 6.92 Å². The second kappa shape index (κ2) is 5.66. The van der Waals surface area contributed by atoms with E-state index in [9.17, 15) is 0 Å². The van der Waals surface area contributed by atoms with Gasteiger partial charge < -0.3 is 10.1 Å². The highest BCUT2D eigenvalue weighted by atomic mass is 16.5. The number of rotatable bonds is 5. The van der Waals surface area contributed by atoms with Gasteiger partial charge in [-0.3, -0.25) is 0 Å². The van der Waals surface area contributed by atoms with Crippen molar-refractivity contribution in [2.24, 2.45) is 0 Å². The maximum absolute atomic E-state index is 5.00. The number of anilines is 1. The monoisotopic (exact) mass is 193 g/mol. The molecule has 0 atom stereocenters. The molecule has 0 aliphatic carbocycles. The quantitative estimate of drug-likeness (QED) is 0.726. The average Bonchev–Trinajstić information content (AvgIpc) is 2.19. The van der Waals surface area contributed by atoms with E-state index in [0.717, 1.165) is 19.6 Å². The molecular weight excluding hydrogens is 174 g/mol. The fourth-order valence-electron chi connectivity index (χ4n) is 1.45. The molecule has 0 bridgehead atoms. The first-order valence-corrected chi connectivity index (χ1v) is 5.10. The van der Waals surface area contributed by atoms with Gasteiger partial charge in [0.05, 0.1) is 6.61 Å². The zero-order chi connectivity index (χ0) is 10.4. The van der Waals surface area contributed by atoms with Crippen LogP contribution in [0.25, 0.3) is 0 Å². The third-order valence-electron chi connectivity index (χ3n) is 2.27. The second-order valence-corrected chi connectivity index (χ2v) is 3.43. The maximum atomic E-state index is 5.00.